The largest absolute Gasteiger partial charge is 0.497 e. The van der Waals surface area contributed by atoms with Crippen molar-refractivity contribution < 1.29 is 19.1 Å². The van der Waals surface area contributed by atoms with Crippen LogP contribution < -0.4 is 15.4 Å². The van der Waals surface area contributed by atoms with Gasteiger partial charge in [0, 0.05) is 11.4 Å². The molecule has 0 fully saturated rings. The van der Waals surface area contributed by atoms with Gasteiger partial charge in [-0.1, -0.05) is 11.6 Å². The molecule has 0 bridgehead atoms. The fourth-order valence-electron chi connectivity index (χ4n) is 1.96. The summed E-state index contributed by atoms with van der Waals surface area (Å²) in [5.74, 6) is -0.0521. The molecule has 0 unspecified atom stereocenters. The smallest absolute Gasteiger partial charge is 0.339 e. The van der Waals surface area contributed by atoms with Crippen molar-refractivity contribution in [3.8, 4) is 5.75 Å². The van der Waals surface area contributed by atoms with Gasteiger partial charge in [-0.25, -0.2) is 4.79 Å². The molecule has 0 heterocycles. The second-order valence-corrected chi connectivity index (χ2v) is 5.22. The van der Waals surface area contributed by atoms with E-state index in [1.165, 1.54) is 13.2 Å². The topological polar surface area (TPSA) is 76.7 Å². The van der Waals surface area contributed by atoms with Crippen molar-refractivity contribution in [1.29, 1.82) is 0 Å². The number of amides is 1. The molecule has 2 aromatic rings. The molecule has 0 aromatic heterocycles. The molecule has 0 aliphatic rings. The van der Waals surface area contributed by atoms with Crippen molar-refractivity contribution in [2.24, 2.45) is 0 Å². The Balaban J connectivity index is 1.94. The van der Waals surface area contributed by atoms with Gasteiger partial charge < -0.3 is 20.1 Å². The monoisotopic (exact) mass is 348 g/mol. The van der Waals surface area contributed by atoms with Gasteiger partial charge in [0.2, 0.25) is 5.91 Å². The average molecular weight is 349 g/mol. The molecule has 7 heteroatoms. The summed E-state index contributed by atoms with van der Waals surface area (Å²) in [6, 6.07) is 11.8. The Morgan fingerprint density at radius 2 is 1.71 bits per heavy atom. The lowest BCUT2D eigenvalue weighted by atomic mass is 10.2. The van der Waals surface area contributed by atoms with Crippen LogP contribution in [-0.4, -0.2) is 32.6 Å². The third-order valence-corrected chi connectivity index (χ3v) is 3.53. The van der Waals surface area contributed by atoms with Gasteiger partial charge in [-0.15, -0.1) is 0 Å². The van der Waals surface area contributed by atoms with E-state index >= 15 is 0 Å². The molecule has 1 amide bonds. The van der Waals surface area contributed by atoms with Crippen molar-refractivity contribution in [2.45, 2.75) is 0 Å². The first-order chi connectivity index (χ1) is 11.5. The molecule has 2 rings (SSSR count). The number of ether oxygens (including phenoxy) is 2. The van der Waals surface area contributed by atoms with E-state index in [1.807, 2.05) is 0 Å². The van der Waals surface area contributed by atoms with Crippen LogP contribution in [0.5, 0.6) is 5.75 Å². The van der Waals surface area contributed by atoms with Crippen LogP contribution in [0, 0.1) is 0 Å². The Morgan fingerprint density at radius 3 is 2.33 bits per heavy atom. The predicted molar refractivity (Wildman–Crippen MR) is 92.9 cm³/mol. The fraction of sp³-hybridized carbons (Fsp3) is 0.176. The first kappa shape index (κ1) is 17.6. The predicted octanol–water partition coefficient (Wildman–Crippen LogP) is 3.19. The minimum Gasteiger partial charge on any atom is -0.497 e. The number of carbonyl (C=O) groups is 2. The zero-order valence-corrected chi connectivity index (χ0v) is 14.0. The highest BCUT2D eigenvalue weighted by Gasteiger charge is 2.11. The van der Waals surface area contributed by atoms with Crippen molar-refractivity contribution in [3.63, 3.8) is 0 Å². The van der Waals surface area contributed by atoms with Gasteiger partial charge in [0.05, 0.1) is 31.4 Å². The van der Waals surface area contributed by atoms with E-state index in [0.717, 1.165) is 0 Å². The Hall–Kier alpha value is -2.73. The summed E-state index contributed by atoms with van der Waals surface area (Å²) in [5, 5.41) is 5.97. The normalized spacial score (nSPS) is 9.96. The quantitative estimate of drug-likeness (QED) is 0.784. The van der Waals surface area contributed by atoms with Crippen molar-refractivity contribution in [3.05, 3.63) is 53.1 Å². The summed E-state index contributed by atoms with van der Waals surface area (Å²) < 4.78 is 9.71. The molecule has 0 radical (unpaired) electrons. The number of nitrogens with one attached hydrogen (secondary N) is 2. The van der Waals surface area contributed by atoms with E-state index < -0.39 is 5.97 Å². The molecular weight excluding hydrogens is 332 g/mol. The van der Waals surface area contributed by atoms with Crippen LogP contribution in [0.1, 0.15) is 10.4 Å². The maximum Gasteiger partial charge on any atom is 0.339 e. The van der Waals surface area contributed by atoms with E-state index in [4.69, 9.17) is 16.3 Å². The molecule has 0 aliphatic carbocycles. The van der Waals surface area contributed by atoms with Gasteiger partial charge in [-0.2, -0.15) is 0 Å². The van der Waals surface area contributed by atoms with Gasteiger partial charge in [0.1, 0.15) is 5.75 Å². The van der Waals surface area contributed by atoms with Crippen molar-refractivity contribution in [1.82, 2.24) is 0 Å². The lowest BCUT2D eigenvalue weighted by Gasteiger charge is -2.10. The summed E-state index contributed by atoms with van der Waals surface area (Å²) in [6.45, 7) is 0.0360. The molecule has 0 saturated heterocycles. The second kappa shape index (κ2) is 8.21. The zero-order chi connectivity index (χ0) is 17.5. The maximum absolute atomic E-state index is 12.0. The van der Waals surface area contributed by atoms with Gasteiger partial charge in [0.15, 0.2) is 0 Å². The first-order valence-electron chi connectivity index (χ1n) is 7.09. The molecular formula is C17H17ClN2O4. The molecule has 0 saturated carbocycles. The Bertz CT molecular complexity index is 732. The molecule has 0 atom stereocenters. The number of hydrogen-bond donors (Lipinski definition) is 2. The lowest BCUT2D eigenvalue weighted by Crippen LogP contribution is -2.21. The number of carbonyl (C=O) groups excluding carboxylic acids is 2. The highest BCUT2D eigenvalue weighted by Crippen LogP contribution is 2.21. The maximum atomic E-state index is 12.0. The van der Waals surface area contributed by atoms with Crippen LogP contribution in [0.4, 0.5) is 11.4 Å². The first-order valence-corrected chi connectivity index (χ1v) is 7.47. The second-order valence-electron chi connectivity index (χ2n) is 4.82. The van der Waals surface area contributed by atoms with Gasteiger partial charge in [-0.3, -0.25) is 4.79 Å². The summed E-state index contributed by atoms with van der Waals surface area (Å²) in [7, 11) is 2.85. The van der Waals surface area contributed by atoms with Crippen molar-refractivity contribution in [2.75, 3.05) is 31.4 Å². The van der Waals surface area contributed by atoms with E-state index in [9.17, 15) is 9.59 Å². The third-order valence-electron chi connectivity index (χ3n) is 3.20. The van der Waals surface area contributed by atoms with Gasteiger partial charge >= 0.3 is 5.97 Å². The zero-order valence-electron chi connectivity index (χ0n) is 13.3. The SMILES string of the molecule is COC(=O)c1cc(NCC(=O)Nc2ccc(OC)cc2)ccc1Cl. The van der Waals surface area contributed by atoms with Crippen LogP contribution in [0.2, 0.25) is 5.02 Å². The molecule has 0 aliphatic heterocycles. The van der Waals surface area contributed by atoms with E-state index in [2.05, 4.69) is 15.4 Å². The Morgan fingerprint density at radius 1 is 1.04 bits per heavy atom. The number of anilines is 2. The minimum atomic E-state index is -0.536. The van der Waals surface area contributed by atoms with Crippen LogP contribution in [0.25, 0.3) is 0 Å². The van der Waals surface area contributed by atoms with E-state index in [-0.39, 0.29) is 23.0 Å². The van der Waals surface area contributed by atoms with Gasteiger partial charge in [0.25, 0.3) is 0 Å². The lowest BCUT2D eigenvalue weighted by molar-refractivity contribution is -0.114. The number of halogens is 1. The van der Waals surface area contributed by atoms with Crippen LogP contribution in [-0.2, 0) is 9.53 Å². The summed E-state index contributed by atoms with van der Waals surface area (Å²) in [6.07, 6.45) is 0. The molecule has 2 aromatic carbocycles. The minimum absolute atomic E-state index is 0.0360. The van der Waals surface area contributed by atoms with Gasteiger partial charge in [-0.05, 0) is 42.5 Å². The molecule has 24 heavy (non-hydrogen) atoms. The Kier molecular flexibility index (Phi) is 6.03. The van der Waals surface area contributed by atoms with E-state index in [0.29, 0.717) is 17.1 Å². The highest BCUT2D eigenvalue weighted by atomic mass is 35.5. The third kappa shape index (κ3) is 4.63. The van der Waals surface area contributed by atoms with Crippen molar-refractivity contribution >= 4 is 34.9 Å². The van der Waals surface area contributed by atoms with E-state index in [1.54, 1.807) is 43.5 Å². The Labute approximate surface area is 144 Å². The standard InChI is InChI=1S/C17H17ClN2O4/c1-23-13-6-3-11(4-7-13)20-16(21)10-19-12-5-8-15(18)14(9-12)17(22)24-2/h3-9,19H,10H2,1-2H3,(H,20,21). The fourth-order valence-corrected chi connectivity index (χ4v) is 2.16. The summed E-state index contributed by atoms with van der Waals surface area (Å²) >= 11 is 5.95. The molecule has 2 N–H and O–H groups in total. The number of rotatable bonds is 6. The summed E-state index contributed by atoms with van der Waals surface area (Å²) in [5.41, 5.74) is 1.48. The average Bonchev–Trinajstić information content (AvgIpc) is 2.61. The highest BCUT2D eigenvalue weighted by molar-refractivity contribution is 6.33. The molecule has 126 valence electrons. The number of methoxy groups -OCH3 is 2. The number of hydrogen-bond acceptors (Lipinski definition) is 5. The van der Waals surface area contributed by atoms with Crippen LogP contribution >= 0.6 is 11.6 Å². The van der Waals surface area contributed by atoms with Crippen LogP contribution in [0.3, 0.4) is 0 Å². The number of esters is 1. The van der Waals surface area contributed by atoms with Crippen LogP contribution in [0.15, 0.2) is 42.5 Å². The molecule has 0 spiro atoms. The summed E-state index contributed by atoms with van der Waals surface area (Å²) in [4.78, 5) is 23.6. The molecule has 6 nitrogen and oxygen atoms in total. The number of benzene rings is 2.